The Bertz CT molecular complexity index is 1310. The molecule has 9 heteroatoms. The van der Waals surface area contributed by atoms with Gasteiger partial charge >= 0.3 is 5.97 Å². The molecule has 1 aromatic carbocycles. The molecule has 0 spiro atoms. The predicted octanol–water partition coefficient (Wildman–Crippen LogP) is 3.92. The molecular formula is C24H22N4O4S. The van der Waals surface area contributed by atoms with Crippen molar-refractivity contribution in [2.45, 2.75) is 13.5 Å². The van der Waals surface area contributed by atoms with Gasteiger partial charge in [-0.05, 0) is 36.8 Å². The van der Waals surface area contributed by atoms with Crippen molar-refractivity contribution in [1.82, 2.24) is 14.5 Å². The number of rotatable bonds is 7. The summed E-state index contributed by atoms with van der Waals surface area (Å²) in [4.78, 5) is 32.8. The lowest BCUT2D eigenvalue weighted by atomic mass is 10.1. The molecule has 0 fully saturated rings. The molecule has 2 N–H and O–H groups in total. The third kappa shape index (κ3) is 4.49. The van der Waals surface area contributed by atoms with Crippen LogP contribution in [0.4, 0.5) is 0 Å². The zero-order chi connectivity index (χ0) is 23.5. The number of nitrogens with zero attached hydrogens (tertiary/aromatic N) is 3. The first-order chi connectivity index (χ1) is 15.9. The van der Waals surface area contributed by atoms with Crippen LogP contribution in [0, 0.1) is 6.92 Å². The van der Waals surface area contributed by atoms with Crippen LogP contribution in [0.5, 0.6) is 5.88 Å². The lowest BCUT2D eigenvalue weighted by molar-refractivity contribution is 0.0600. The third-order valence-electron chi connectivity index (χ3n) is 5.31. The van der Waals surface area contributed by atoms with Gasteiger partial charge in [-0.2, -0.15) is 0 Å². The zero-order valence-corrected chi connectivity index (χ0v) is 19.2. The minimum absolute atomic E-state index is 0.390. The lowest BCUT2D eigenvalue weighted by Crippen LogP contribution is -2.13. The SMILES string of the molecule is COC(=O)c1ccc(Cn2c(-c3csc(-c4ccc(OC)nc4)n3)cc(C(N)=O)c2C)cc1. The van der Waals surface area contributed by atoms with Crippen LogP contribution >= 0.6 is 11.3 Å². The molecular weight excluding hydrogens is 440 g/mol. The van der Waals surface area contributed by atoms with E-state index in [0.717, 1.165) is 33.2 Å². The van der Waals surface area contributed by atoms with Crippen molar-refractivity contribution in [2.75, 3.05) is 14.2 Å². The monoisotopic (exact) mass is 462 g/mol. The molecule has 0 aliphatic rings. The van der Waals surface area contributed by atoms with Gasteiger partial charge in [-0.25, -0.2) is 14.8 Å². The summed E-state index contributed by atoms with van der Waals surface area (Å²) in [7, 11) is 2.92. The Morgan fingerprint density at radius 2 is 1.88 bits per heavy atom. The number of thiazole rings is 1. The Hall–Kier alpha value is -3.98. The van der Waals surface area contributed by atoms with E-state index in [1.807, 2.05) is 35.1 Å². The zero-order valence-electron chi connectivity index (χ0n) is 18.4. The Morgan fingerprint density at radius 3 is 2.48 bits per heavy atom. The van der Waals surface area contributed by atoms with Gasteiger partial charge in [-0.1, -0.05) is 12.1 Å². The minimum atomic E-state index is -0.497. The molecule has 4 rings (SSSR count). The van der Waals surface area contributed by atoms with Crippen LogP contribution in [-0.2, 0) is 11.3 Å². The fraction of sp³-hybridized carbons (Fsp3) is 0.167. The molecule has 4 aromatic rings. The van der Waals surface area contributed by atoms with E-state index in [4.69, 9.17) is 20.2 Å². The van der Waals surface area contributed by atoms with Crippen LogP contribution in [0.3, 0.4) is 0 Å². The first-order valence-electron chi connectivity index (χ1n) is 10.0. The van der Waals surface area contributed by atoms with Crippen LogP contribution in [-0.4, -0.2) is 40.6 Å². The smallest absolute Gasteiger partial charge is 0.337 e. The summed E-state index contributed by atoms with van der Waals surface area (Å²) in [6, 6.07) is 12.6. The van der Waals surface area contributed by atoms with E-state index in [2.05, 4.69) is 4.98 Å². The lowest BCUT2D eigenvalue weighted by Gasteiger charge is -2.11. The topological polar surface area (TPSA) is 109 Å². The van der Waals surface area contributed by atoms with E-state index < -0.39 is 11.9 Å². The molecule has 168 valence electrons. The molecule has 0 atom stereocenters. The van der Waals surface area contributed by atoms with Gasteiger partial charge in [0.15, 0.2) is 0 Å². The maximum atomic E-state index is 12.0. The summed E-state index contributed by atoms with van der Waals surface area (Å²) in [5, 5.41) is 2.74. The van der Waals surface area contributed by atoms with Crippen molar-refractivity contribution in [3.8, 4) is 27.8 Å². The number of hydrogen-bond acceptors (Lipinski definition) is 7. The van der Waals surface area contributed by atoms with E-state index in [0.29, 0.717) is 23.6 Å². The number of pyridine rings is 1. The van der Waals surface area contributed by atoms with Crippen LogP contribution in [0.25, 0.3) is 22.0 Å². The fourth-order valence-corrected chi connectivity index (χ4v) is 4.31. The first kappa shape index (κ1) is 22.2. The largest absolute Gasteiger partial charge is 0.481 e. The van der Waals surface area contributed by atoms with Crippen molar-refractivity contribution in [2.24, 2.45) is 5.73 Å². The minimum Gasteiger partial charge on any atom is -0.481 e. The normalized spacial score (nSPS) is 10.8. The first-order valence-corrected chi connectivity index (χ1v) is 10.9. The average Bonchev–Trinajstić information content (AvgIpc) is 3.44. The van der Waals surface area contributed by atoms with E-state index in [1.54, 1.807) is 37.6 Å². The molecule has 0 aliphatic heterocycles. The van der Waals surface area contributed by atoms with E-state index in [-0.39, 0.29) is 0 Å². The molecule has 3 aromatic heterocycles. The van der Waals surface area contributed by atoms with Gasteiger partial charge in [0.2, 0.25) is 5.88 Å². The Balaban J connectivity index is 1.70. The summed E-state index contributed by atoms with van der Waals surface area (Å²) in [6.07, 6.45) is 1.71. The quantitative estimate of drug-likeness (QED) is 0.417. The average molecular weight is 463 g/mol. The molecule has 0 radical (unpaired) electrons. The van der Waals surface area contributed by atoms with Crippen LogP contribution in [0.1, 0.15) is 32.0 Å². The number of esters is 1. The molecule has 8 nitrogen and oxygen atoms in total. The highest BCUT2D eigenvalue weighted by molar-refractivity contribution is 7.13. The number of carbonyl (C=O) groups is 2. The molecule has 0 aliphatic carbocycles. The standard InChI is InChI=1S/C24H22N4O4S/c1-14-18(22(25)29)10-20(28(14)12-15-4-6-16(7-5-15)24(30)32-3)19-13-33-23(27-19)17-8-9-21(31-2)26-11-17/h4-11,13H,12H2,1-3H3,(H2,25,29). The van der Waals surface area contributed by atoms with E-state index in [1.165, 1.54) is 18.4 Å². The maximum absolute atomic E-state index is 12.0. The van der Waals surface area contributed by atoms with Gasteiger partial charge in [-0.15, -0.1) is 11.3 Å². The molecule has 0 saturated carbocycles. The summed E-state index contributed by atoms with van der Waals surface area (Å²) in [6.45, 7) is 2.33. The molecule has 33 heavy (non-hydrogen) atoms. The van der Waals surface area contributed by atoms with Crippen LogP contribution in [0.2, 0.25) is 0 Å². The summed E-state index contributed by atoms with van der Waals surface area (Å²) >= 11 is 1.48. The second-order valence-electron chi connectivity index (χ2n) is 7.29. The summed E-state index contributed by atoms with van der Waals surface area (Å²) in [5.74, 6) is -0.355. The number of methoxy groups -OCH3 is 2. The number of benzene rings is 1. The molecule has 0 unspecified atom stereocenters. The number of primary amides is 1. The van der Waals surface area contributed by atoms with Crippen molar-refractivity contribution in [3.63, 3.8) is 0 Å². The Morgan fingerprint density at radius 1 is 1.12 bits per heavy atom. The summed E-state index contributed by atoms with van der Waals surface area (Å²) < 4.78 is 11.9. The molecule has 3 heterocycles. The van der Waals surface area contributed by atoms with Crippen molar-refractivity contribution >= 4 is 23.2 Å². The maximum Gasteiger partial charge on any atom is 0.337 e. The highest BCUT2D eigenvalue weighted by Gasteiger charge is 2.19. The van der Waals surface area contributed by atoms with Gasteiger partial charge in [0.1, 0.15) is 5.01 Å². The molecule has 1 amide bonds. The second-order valence-corrected chi connectivity index (χ2v) is 8.15. The van der Waals surface area contributed by atoms with E-state index in [9.17, 15) is 9.59 Å². The van der Waals surface area contributed by atoms with Gasteiger partial charge in [0.25, 0.3) is 5.91 Å². The highest BCUT2D eigenvalue weighted by Crippen LogP contribution is 2.32. The Labute approximate surface area is 194 Å². The van der Waals surface area contributed by atoms with Crippen molar-refractivity contribution < 1.29 is 19.1 Å². The van der Waals surface area contributed by atoms with Crippen molar-refractivity contribution in [3.05, 3.63) is 76.4 Å². The Kier molecular flexibility index (Phi) is 6.23. The second kappa shape index (κ2) is 9.25. The predicted molar refractivity (Wildman–Crippen MR) is 125 cm³/mol. The number of carbonyl (C=O) groups excluding carboxylic acids is 2. The molecule has 0 bridgehead atoms. The number of aromatic nitrogens is 3. The number of ether oxygens (including phenoxy) is 2. The third-order valence-corrected chi connectivity index (χ3v) is 6.20. The van der Waals surface area contributed by atoms with Gasteiger partial charge < -0.3 is 19.8 Å². The molecule has 0 saturated heterocycles. The van der Waals surface area contributed by atoms with Gasteiger partial charge in [-0.3, -0.25) is 4.79 Å². The number of nitrogens with two attached hydrogens (primary N) is 1. The van der Waals surface area contributed by atoms with Crippen LogP contribution in [0.15, 0.2) is 54.0 Å². The summed E-state index contributed by atoms with van der Waals surface area (Å²) in [5.41, 5.74) is 10.6. The van der Waals surface area contributed by atoms with Crippen molar-refractivity contribution in [1.29, 1.82) is 0 Å². The number of amides is 1. The number of hydrogen-bond donors (Lipinski definition) is 1. The fourth-order valence-electron chi connectivity index (χ4n) is 3.51. The van der Waals surface area contributed by atoms with Crippen LogP contribution < -0.4 is 10.5 Å². The van der Waals surface area contributed by atoms with Gasteiger partial charge in [0, 0.05) is 35.4 Å². The van der Waals surface area contributed by atoms with Gasteiger partial charge in [0.05, 0.1) is 36.7 Å². The highest BCUT2D eigenvalue weighted by atomic mass is 32.1. The van der Waals surface area contributed by atoms with E-state index >= 15 is 0 Å².